The maximum absolute atomic E-state index is 12.2. The summed E-state index contributed by atoms with van der Waals surface area (Å²) >= 11 is 1.43. The van der Waals surface area contributed by atoms with E-state index >= 15 is 0 Å². The summed E-state index contributed by atoms with van der Waals surface area (Å²) in [5.74, 6) is -1.13. The molecule has 0 saturated carbocycles. The van der Waals surface area contributed by atoms with Crippen molar-refractivity contribution >= 4 is 29.1 Å². The fourth-order valence-electron chi connectivity index (χ4n) is 1.70. The molecule has 6 heteroatoms. The second-order valence-corrected chi connectivity index (χ2v) is 4.73. The van der Waals surface area contributed by atoms with Crippen molar-refractivity contribution in [2.45, 2.75) is 19.9 Å². The van der Waals surface area contributed by atoms with Gasteiger partial charge in [-0.05, 0) is 24.8 Å². The van der Waals surface area contributed by atoms with E-state index in [2.05, 4.69) is 5.32 Å². The molecule has 1 saturated heterocycles. The van der Waals surface area contributed by atoms with Gasteiger partial charge in [0.15, 0.2) is 0 Å². The summed E-state index contributed by atoms with van der Waals surface area (Å²) in [4.78, 5) is 36.2. The summed E-state index contributed by atoms with van der Waals surface area (Å²) in [5, 5.41) is 5.81. The number of piperazine rings is 1. The van der Waals surface area contributed by atoms with Crippen molar-refractivity contribution in [1.82, 2.24) is 10.2 Å². The zero-order chi connectivity index (χ0) is 12.6. The molecule has 2 heterocycles. The predicted octanol–water partition coefficient (Wildman–Crippen LogP) is 0.544. The first-order valence-electron chi connectivity index (χ1n) is 5.18. The zero-order valence-electron chi connectivity index (χ0n) is 9.52. The molecule has 0 radical (unpaired) electrons. The number of nitrogens with one attached hydrogen (secondary N) is 1. The molecular weight excluding hydrogens is 240 g/mol. The summed E-state index contributed by atoms with van der Waals surface area (Å²) in [7, 11) is 0. The Hall–Kier alpha value is -1.69. The Balaban J connectivity index is 2.27. The Morgan fingerprint density at radius 3 is 2.76 bits per heavy atom. The third kappa shape index (κ3) is 2.08. The van der Waals surface area contributed by atoms with Gasteiger partial charge in [-0.1, -0.05) is 0 Å². The number of aryl methyl sites for hydroxylation is 1. The average molecular weight is 252 g/mol. The molecule has 1 fully saturated rings. The van der Waals surface area contributed by atoms with Gasteiger partial charge in [0.25, 0.3) is 5.91 Å². The first kappa shape index (κ1) is 11.8. The second-order valence-electron chi connectivity index (χ2n) is 3.99. The van der Waals surface area contributed by atoms with Crippen molar-refractivity contribution in [2.75, 3.05) is 6.54 Å². The maximum Gasteiger partial charge on any atom is 0.256 e. The number of hydrogen-bond acceptors (Lipinski definition) is 4. The van der Waals surface area contributed by atoms with Crippen LogP contribution in [-0.2, 0) is 9.59 Å². The van der Waals surface area contributed by atoms with E-state index in [-0.39, 0.29) is 12.5 Å². The van der Waals surface area contributed by atoms with Crippen LogP contribution in [0.3, 0.4) is 0 Å². The van der Waals surface area contributed by atoms with Gasteiger partial charge in [0.2, 0.25) is 11.8 Å². The fourth-order valence-corrected chi connectivity index (χ4v) is 2.52. The number of carbonyl (C=O) groups is 3. The number of imide groups is 1. The molecule has 1 N–H and O–H groups in total. The van der Waals surface area contributed by atoms with Crippen LogP contribution in [0.25, 0.3) is 0 Å². The van der Waals surface area contributed by atoms with Crippen LogP contribution >= 0.6 is 11.3 Å². The Morgan fingerprint density at radius 2 is 2.18 bits per heavy atom. The van der Waals surface area contributed by atoms with Crippen LogP contribution in [-0.4, -0.2) is 35.2 Å². The van der Waals surface area contributed by atoms with Crippen LogP contribution in [0.15, 0.2) is 10.8 Å². The standard InChI is InChI=1S/C11H12N2O3S/c1-6-4-17-5-8(6)11(16)13-3-9(14)12-10(15)7(13)2/h4-5,7H,3H2,1-2H3,(H,12,14,15). The summed E-state index contributed by atoms with van der Waals surface area (Å²) < 4.78 is 0. The smallest absolute Gasteiger partial charge is 0.256 e. The van der Waals surface area contributed by atoms with E-state index in [9.17, 15) is 14.4 Å². The number of rotatable bonds is 1. The molecule has 0 aromatic carbocycles. The minimum atomic E-state index is -0.612. The Morgan fingerprint density at radius 1 is 1.47 bits per heavy atom. The lowest BCUT2D eigenvalue weighted by Crippen LogP contribution is -2.58. The topological polar surface area (TPSA) is 66.5 Å². The van der Waals surface area contributed by atoms with Crippen molar-refractivity contribution in [1.29, 1.82) is 0 Å². The molecule has 90 valence electrons. The first-order valence-corrected chi connectivity index (χ1v) is 6.12. The Labute approximate surface area is 102 Å². The summed E-state index contributed by atoms with van der Waals surface area (Å²) in [5.41, 5.74) is 1.43. The summed E-state index contributed by atoms with van der Waals surface area (Å²) in [6.07, 6.45) is 0. The van der Waals surface area contributed by atoms with Crippen LogP contribution in [0.2, 0.25) is 0 Å². The lowest BCUT2D eigenvalue weighted by molar-refractivity contribution is -0.138. The molecule has 1 aromatic rings. The van der Waals surface area contributed by atoms with Gasteiger partial charge >= 0.3 is 0 Å². The normalized spacial score (nSPS) is 20.4. The van der Waals surface area contributed by atoms with Crippen LogP contribution in [0.5, 0.6) is 0 Å². The lowest BCUT2D eigenvalue weighted by Gasteiger charge is -2.31. The molecule has 1 aliphatic rings. The SMILES string of the molecule is Cc1cscc1C(=O)N1CC(=O)NC(=O)C1C. The first-order chi connectivity index (χ1) is 8.00. The maximum atomic E-state index is 12.2. The minimum absolute atomic E-state index is 0.0684. The van der Waals surface area contributed by atoms with Gasteiger partial charge in [0, 0.05) is 5.38 Å². The fraction of sp³-hybridized carbons (Fsp3) is 0.364. The van der Waals surface area contributed by atoms with E-state index in [1.54, 1.807) is 12.3 Å². The van der Waals surface area contributed by atoms with Crippen molar-refractivity contribution < 1.29 is 14.4 Å². The van der Waals surface area contributed by atoms with Gasteiger partial charge in [-0.2, -0.15) is 11.3 Å². The van der Waals surface area contributed by atoms with Crippen molar-refractivity contribution in [2.24, 2.45) is 0 Å². The second kappa shape index (κ2) is 4.29. The highest BCUT2D eigenvalue weighted by Crippen LogP contribution is 2.18. The third-order valence-electron chi connectivity index (χ3n) is 2.77. The molecule has 17 heavy (non-hydrogen) atoms. The van der Waals surface area contributed by atoms with Crippen LogP contribution < -0.4 is 5.32 Å². The molecule has 3 amide bonds. The van der Waals surface area contributed by atoms with Gasteiger partial charge in [-0.15, -0.1) is 0 Å². The minimum Gasteiger partial charge on any atom is -0.318 e. The molecule has 1 unspecified atom stereocenters. The van der Waals surface area contributed by atoms with Gasteiger partial charge in [0.05, 0.1) is 5.56 Å². The third-order valence-corrected chi connectivity index (χ3v) is 3.63. The van der Waals surface area contributed by atoms with E-state index in [1.165, 1.54) is 16.2 Å². The summed E-state index contributed by atoms with van der Waals surface area (Å²) in [6, 6.07) is -0.612. The van der Waals surface area contributed by atoms with Crippen LogP contribution in [0, 0.1) is 6.92 Å². The van der Waals surface area contributed by atoms with E-state index in [4.69, 9.17) is 0 Å². The number of thiophene rings is 1. The van der Waals surface area contributed by atoms with E-state index in [0.717, 1.165) is 5.56 Å². The van der Waals surface area contributed by atoms with Gasteiger partial charge < -0.3 is 4.90 Å². The average Bonchev–Trinajstić information content (AvgIpc) is 2.69. The highest BCUT2D eigenvalue weighted by atomic mass is 32.1. The van der Waals surface area contributed by atoms with Crippen molar-refractivity contribution in [3.63, 3.8) is 0 Å². The van der Waals surface area contributed by atoms with Gasteiger partial charge in [-0.3, -0.25) is 19.7 Å². The Kier molecular flexibility index (Phi) is 2.97. The zero-order valence-corrected chi connectivity index (χ0v) is 10.3. The van der Waals surface area contributed by atoms with Gasteiger partial charge in [0.1, 0.15) is 12.6 Å². The molecule has 0 spiro atoms. The number of nitrogens with zero attached hydrogens (tertiary/aromatic N) is 1. The van der Waals surface area contributed by atoms with Crippen LogP contribution in [0.1, 0.15) is 22.8 Å². The van der Waals surface area contributed by atoms with E-state index in [0.29, 0.717) is 5.56 Å². The van der Waals surface area contributed by atoms with E-state index in [1.807, 2.05) is 12.3 Å². The number of amides is 3. The molecule has 1 aromatic heterocycles. The number of carbonyl (C=O) groups excluding carboxylic acids is 3. The lowest BCUT2D eigenvalue weighted by atomic mass is 10.1. The monoisotopic (exact) mass is 252 g/mol. The quantitative estimate of drug-likeness (QED) is 0.742. The van der Waals surface area contributed by atoms with Crippen molar-refractivity contribution in [3.8, 4) is 0 Å². The summed E-state index contributed by atoms with van der Waals surface area (Å²) in [6.45, 7) is 3.38. The number of hydrogen-bond donors (Lipinski definition) is 1. The van der Waals surface area contributed by atoms with E-state index < -0.39 is 17.9 Å². The Bertz CT molecular complexity index is 495. The molecule has 1 aliphatic heterocycles. The van der Waals surface area contributed by atoms with Crippen LogP contribution in [0.4, 0.5) is 0 Å². The van der Waals surface area contributed by atoms with Crippen molar-refractivity contribution in [3.05, 3.63) is 21.9 Å². The molecule has 2 rings (SSSR count). The highest BCUT2D eigenvalue weighted by molar-refractivity contribution is 7.08. The highest BCUT2D eigenvalue weighted by Gasteiger charge is 2.34. The van der Waals surface area contributed by atoms with Gasteiger partial charge in [-0.25, -0.2) is 0 Å². The largest absolute Gasteiger partial charge is 0.318 e. The molecule has 1 atom stereocenters. The molecule has 0 aliphatic carbocycles. The molecule has 0 bridgehead atoms. The predicted molar refractivity (Wildman–Crippen MR) is 62.7 cm³/mol. The molecule has 5 nitrogen and oxygen atoms in total. The molecular formula is C11H12N2O3S.